The molecule has 2 aromatic rings. The van der Waals surface area contributed by atoms with Crippen LogP contribution in [0.5, 0.6) is 0 Å². The summed E-state index contributed by atoms with van der Waals surface area (Å²) in [5.74, 6) is -0.357. The second-order valence-corrected chi connectivity index (χ2v) is 6.33. The Morgan fingerprint density at radius 2 is 1.92 bits per heavy atom. The fourth-order valence-electron chi connectivity index (χ4n) is 3.13. The van der Waals surface area contributed by atoms with Crippen LogP contribution in [0.15, 0.2) is 53.5 Å². The van der Waals surface area contributed by atoms with Gasteiger partial charge < -0.3 is 15.0 Å². The lowest BCUT2D eigenvalue weighted by Gasteiger charge is -2.24. The highest BCUT2D eigenvalue weighted by molar-refractivity contribution is 6.12. The number of anilines is 2. The van der Waals surface area contributed by atoms with Gasteiger partial charge in [0.05, 0.1) is 12.3 Å². The molecule has 1 heterocycles. The zero-order valence-corrected chi connectivity index (χ0v) is 15.3. The molecule has 5 heteroatoms. The van der Waals surface area contributed by atoms with Gasteiger partial charge in [0.25, 0.3) is 0 Å². The van der Waals surface area contributed by atoms with Crippen LogP contribution in [0.1, 0.15) is 24.8 Å². The van der Waals surface area contributed by atoms with Crippen molar-refractivity contribution < 1.29 is 9.53 Å². The number of nitrogens with zero attached hydrogens (tertiary/aromatic N) is 2. The van der Waals surface area contributed by atoms with Gasteiger partial charge in [-0.05, 0) is 42.3 Å². The molecule has 1 amide bonds. The maximum Gasteiger partial charge on any atom is 0.237 e. The second kappa shape index (κ2) is 8.63. The summed E-state index contributed by atoms with van der Waals surface area (Å²) < 4.78 is 5.20. The number of carbonyl (C=O) groups excluding carboxylic acids is 1. The Balaban J connectivity index is 1.71. The third kappa shape index (κ3) is 4.11. The fourth-order valence-corrected chi connectivity index (χ4v) is 3.13. The van der Waals surface area contributed by atoms with Gasteiger partial charge in [0.15, 0.2) is 0 Å². The molecule has 1 N–H and O–H groups in total. The number of aliphatic imine (C=N–C) groups is 1. The number of benzene rings is 2. The normalized spacial score (nSPS) is 15.9. The van der Waals surface area contributed by atoms with Gasteiger partial charge in [-0.1, -0.05) is 25.1 Å². The molecule has 3 rings (SSSR count). The molecule has 0 aromatic heterocycles. The van der Waals surface area contributed by atoms with E-state index in [4.69, 9.17) is 4.74 Å². The topological polar surface area (TPSA) is 53.9 Å². The van der Waals surface area contributed by atoms with Crippen molar-refractivity contribution in [1.82, 2.24) is 0 Å². The highest BCUT2D eigenvalue weighted by Gasteiger charge is 2.28. The molecule has 0 saturated heterocycles. The third-order valence-corrected chi connectivity index (χ3v) is 4.48. The summed E-state index contributed by atoms with van der Waals surface area (Å²) >= 11 is 0. The zero-order chi connectivity index (χ0) is 18.4. The van der Waals surface area contributed by atoms with Gasteiger partial charge in [-0.3, -0.25) is 9.79 Å². The van der Waals surface area contributed by atoms with Gasteiger partial charge in [-0.2, -0.15) is 0 Å². The standard InChI is InChI=1S/C21H25N3O2/c1-3-12-24(13-14-26-2)17-10-8-16(9-11-17)22-15-19-18-6-4-5-7-20(18)23-21(19)25/h4-11,15,19H,3,12-14H2,1-2H3,(H,23,25). The summed E-state index contributed by atoms with van der Waals surface area (Å²) in [5, 5.41) is 2.89. The molecule has 2 aromatic carbocycles. The van der Waals surface area contributed by atoms with Crippen LogP contribution in [0.4, 0.5) is 17.1 Å². The first-order valence-corrected chi connectivity index (χ1v) is 9.01. The predicted octanol–water partition coefficient (Wildman–Crippen LogP) is 3.99. The van der Waals surface area contributed by atoms with Crippen molar-refractivity contribution in [3.8, 4) is 0 Å². The Morgan fingerprint density at radius 3 is 2.65 bits per heavy atom. The van der Waals surface area contributed by atoms with E-state index in [1.165, 1.54) is 0 Å². The lowest BCUT2D eigenvalue weighted by molar-refractivity contribution is -0.115. The smallest absolute Gasteiger partial charge is 0.237 e. The molecule has 5 nitrogen and oxygen atoms in total. The second-order valence-electron chi connectivity index (χ2n) is 6.33. The van der Waals surface area contributed by atoms with Gasteiger partial charge in [0, 0.05) is 37.8 Å². The number of nitrogens with one attached hydrogen (secondary N) is 1. The molecule has 0 radical (unpaired) electrons. The van der Waals surface area contributed by atoms with E-state index in [1.54, 1.807) is 13.3 Å². The lowest BCUT2D eigenvalue weighted by Crippen LogP contribution is -2.27. The molecule has 0 bridgehead atoms. The molecule has 0 saturated carbocycles. The van der Waals surface area contributed by atoms with Crippen molar-refractivity contribution in [2.24, 2.45) is 4.99 Å². The minimum Gasteiger partial charge on any atom is -0.383 e. The van der Waals surface area contributed by atoms with E-state index in [-0.39, 0.29) is 11.8 Å². The maximum absolute atomic E-state index is 12.1. The van der Waals surface area contributed by atoms with Crippen LogP contribution < -0.4 is 10.2 Å². The van der Waals surface area contributed by atoms with E-state index in [2.05, 4.69) is 34.3 Å². The molecule has 0 aliphatic carbocycles. The maximum atomic E-state index is 12.1. The number of rotatable bonds is 8. The quantitative estimate of drug-likeness (QED) is 0.732. The molecule has 0 fully saturated rings. The molecule has 136 valence electrons. The Bertz CT molecular complexity index is 771. The Kier molecular flexibility index (Phi) is 6.02. The first-order chi connectivity index (χ1) is 12.7. The number of hydrogen-bond acceptors (Lipinski definition) is 4. The lowest BCUT2D eigenvalue weighted by atomic mass is 10.0. The fraction of sp³-hybridized carbons (Fsp3) is 0.333. The summed E-state index contributed by atoms with van der Waals surface area (Å²) in [6, 6.07) is 15.9. The van der Waals surface area contributed by atoms with Crippen molar-refractivity contribution in [3.05, 3.63) is 54.1 Å². The van der Waals surface area contributed by atoms with Crippen LogP contribution in [0.25, 0.3) is 0 Å². The summed E-state index contributed by atoms with van der Waals surface area (Å²) in [6.45, 7) is 4.73. The Morgan fingerprint density at radius 1 is 1.15 bits per heavy atom. The summed E-state index contributed by atoms with van der Waals surface area (Å²) in [5.41, 5.74) is 3.85. The van der Waals surface area contributed by atoms with Crippen molar-refractivity contribution in [3.63, 3.8) is 0 Å². The van der Waals surface area contributed by atoms with E-state index in [9.17, 15) is 4.79 Å². The minimum atomic E-state index is -0.329. The van der Waals surface area contributed by atoms with Gasteiger partial charge >= 0.3 is 0 Å². The highest BCUT2D eigenvalue weighted by Crippen LogP contribution is 2.31. The Hall–Kier alpha value is -2.66. The highest BCUT2D eigenvalue weighted by atomic mass is 16.5. The number of amides is 1. The van der Waals surface area contributed by atoms with Gasteiger partial charge in [-0.25, -0.2) is 0 Å². The number of ether oxygens (including phenoxy) is 1. The first-order valence-electron chi connectivity index (χ1n) is 9.01. The largest absolute Gasteiger partial charge is 0.383 e. The molecule has 26 heavy (non-hydrogen) atoms. The molecule has 0 spiro atoms. The van der Waals surface area contributed by atoms with Gasteiger partial charge in [-0.15, -0.1) is 0 Å². The summed E-state index contributed by atoms with van der Waals surface area (Å²) in [7, 11) is 1.72. The van der Waals surface area contributed by atoms with Crippen molar-refractivity contribution >= 4 is 29.2 Å². The van der Waals surface area contributed by atoms with Crippen LogP contribution >= 0.6 is 0 Å². The molecule has 1 atom stereocenters. The number of methoxy groups -OCH3 is 1. The van der Waals surface area contributed by atoms with Crippen LogP contribution in [0, 0.1) is 0 Å². The minimum absolute atomic E-state index is 0.0275. The number of para-hydroxylation sites is 1. The molecular formula is C21H25N3O2. The average molecular weight is 351 g/mol. The monoisotopic (exact) mass is 351 g/mol. The van der Waals surface area contributed by atoms with E-state index >= 15 is 0 Å². The van der Waals surface area contributed by atoms with Gasteiger partial charge in [0.1, 0.15) is 5.92 Å². The first kappa shape index (κ1) is 18.1. The van der Waals surface area contributed by atoms with Crippen LogP contribution in [-0.2, 0) is 9.53 Å². The number of hydrogen-bond donors (Lipinski definition) is 1. The van der Waals surface area contributed by atoms with E-state index in [0.717, 1.165) is 42.1 Å². The predicted molar refractivity (Wildman–Crippen MR) is 107 cm³/mol. The van der Waals surface area contributed by atoms with Crippen molar-refractivity contribution in [2.75, 3.05) is 37.0 Å². The van der Waals surface area contributed by atoms with Gasteiger partial charge in [0.2, 0.25) is 5.91 Å². The molecule has 1 aliphatic rings. The molecule has 1 aliphatic heterocycles. The van der Waals surface area contributed by atoms with Crippen molar-refractivity contribution in [1.29, 1.82) is 0 Å². The average Bonchev–Trinajstić information content (AvgIpc) is 2.99. The van der Waals surface area contributed by atoms with E-state index in [1.807, 2.05) is 36.4 Å². The van der Waals surface area contributed by atoms with E-state index in [0.29, 0.717) is 6.61 Å². The van der Waals surface area contributed by atoms with Crippen LogP contribution in [0.3, 0.4) is 0 Å². The summed E-state index contributed by atoms with van der Waals surface area (Å²) in [4.78, 5) is 19.0. The summed E-state index contributed by atoms with van der Waals surface area (Å²) in [6.07, 6.45) is 2.81. The Labute approximate surface area is 154 Å². The number of fused-ring (bicyclic) bond motifs is 1. The SMILES string of the molecule is CCCN(CCOC)c1ccc(N=CC2C(=O)Nc3ccccc32)cc1. The van der Waals surface area contributed by atoms with Crippen molar-refractivity contribution in [2.45, 2.75) is 19.3 Å². The molecule has 1 unspecified atom stereocenters. The molecular weight excluding hydrogens is 326 g/mol. The zero-order valence-electron chi connectivity index (χ0n) is 15.3. The number of carbonyl (C=O) groups is 1. The van der Waals surface area contributed by atoms with E-state index < -0.39 is 0 Å². The van der Waals surface area contributed by atoms with Crippen LogP contribution in [-0.4, -0.2) is 38.9 Å². The van der Waals surface area contributed by atoms with Crippen LogP contribution in [0.2, 0.25) is 0 Å². The third-order valence-electron chi connectivity index (χ3n) is 4.48.